The van der Waals surface area contributed by atoms with Gasteiger partial charge in [0.05, 0.1) is 11.1 Å². The smallest absolute Gasteiger partial charge is 0.289 e. The summed E-state index contributed by atoms with van der Waals surface area (Å²) in [5.41, 5.74) is 2.13. The van der Waals surface area contributed by atoms with Gasteiger partial charge in [0.25, 0.3) is 5.91 Å². The fraction of sp³-hybridized carbons (Fsp3) is 0.292. The molecular formula is C24H24N6O3. The minimum absolute atomic E-state index is 0.0665. The number of nitrogens with zero attached hydrogens (tertiary/aromatic N) is 6. The molecule has 1 amide bonds. The highest BCUT2D eigenvalue weighted by Crippen LogP contribution is 2.20. The highest BCUT2D eigenvalue weighted by Gasteiger charge is 2.25. The van der Waals surface area contributed by atoms with E-state index in [0.717, 1.165) is 23.0 Å². The second-order valence-corrected chi connectivity index (χ2v) is 8.22. The molecule has 168 valence electrons. The molecule has 1 aromatic carbocycles. The molecular weight excluding hydrogens is 420 g/mol. The van der Waals surface area contributed by atoms with Crippen molar-refractivity contribution in [2.24, 2.45) is 0 Å². The number of aryl methyl sites for hydroxylation is 3. The maximum absolute atomic E-state index is 13.0. The molecule has 4 aromatic rings. The second-order valence-electron chi connectivity index (χ2n) is 8.22. The van der Waals surface area contributed by atoms with Gasteiger partial charge in [-0.1, -0.05) is 12.1 Å². The Kier molecular flexibility index (Phi) is 5.16. The Balaban J connectivity index is 1.34. The summed E-state index contributed by atoms with van der Waals surface area (Å²) in [4.78, 5) is 38.4. The molecule has 0 N–H and O–H groups in total. The van der Waals surface area contributed by atoms with E-state index in [1.165, 1.54) is 6.07 Å². The van der Waals surface area contributed by atoms with Gasteiger partial charge < -0.3 is 14.2 Å². The lowest BCUT2D eigenvalue weighted by Gasteiger charge is -2.35. The van der Waals surface area contributed by atoms with Crippen LogP contribution in [0.3, 0.4) is 0 Å². The summed E-state index contributed by atoms with van der Waals surface area (Å²) >= 11 is 0. The van der Waals surface area contributed by atoms with Crippen LogP contribution in [0, 0.1) is 20.8 Å². The molecule has 0 atom stereocenters. The summed E-state index contributed by atoms with van der Waals surface area (Å²) in [5.74, 6) is 1.97. The normalized spacial score (nSPS) is 14.2. The van der Waals surface area contributed by atoms with Crippen molar-refractivity contribution >= 4 is 22.7 Å². The molecule has 1 aliphatic rings. The van der Waals surface area contributed by atoms with Crippen LogP contribution in [0.15, 0.2) is 51.7 Å². The van der Waals surface area contributed by atoms with E-state index in [-0.39, 0.29) is 17.1 Å². The molecule has 3 aromatic heterocycles. The van der Waals surface area contributed by atoms with E-state index < -0.39 is 0 Å². The highest BCUT2D eigenvalue weighted by molar-refractivity contribution is 5.93. The van der Waals surface area contributed by atoms with Crippen molar-refractivity contribution in [3.05, 3.63) is 75.7 Å². The summed E-state index contributed by atoms with van der Waals surface area (Å²) < 4.78 is 7.54. The van der Waals surface area contributed by atoms with Gasteiger partial charge in [-0.3, -0.25) is 9.59 Å². The van der Waals surface area contributed by atoms with Crippen LogP contribution in [0.25, 0.3) is 16.8 Å². The van der Waals surface area contributed by atoms with Crippen LogP contribution in [-0.4, -0.2) is 56.7 Å². The first-order chi connectivity index (χ1) is 15.9. The van der Waals surface area contributed by atoms with Crippen LogP contribution < -0.4 is 10.3 Å². The molecule has 1 saturated heterocycles. The number of carbonyl (C=O) groups excluding carboxylic acids is 1. The Morgan fingerprint density at radius 3 is 2.39 bits per heavy atom. The summed E-state index contributed by atoms with van der Waals surface area (Å²) in [6.07, 6.45) is 0. The van der Waals surface area contributed by atoms with E-state index in [4.69, 9.17) is 4.42 Å². The number of hydrogen-bond donors (Lipinski definition) is 0. The third kappa shape index (κ3) is 3.97. The van der Waals surface area contributed by atoms with E-state index in [0.29, 0.717) is 43.0 Å². The maximum atomic E-state index is 13.0. The topological polar surface area (TPSA) is 97.4 Å². The Labute approximate surface area is 190 Å². The van der Waals surface area contributed by atoms with Crippen molar-refractivity contribution in [2.75, 3.05) is 31.1 Å². The van der Waals surface area contributed by atoms with E-state index in [9.17, 15) is 9.59 Å². The van der Waals surface area contributed by atoms with Gasteiger partial charge in [-0.2, -0.15) is 5.10 Å². The van der Waals surface area contributed by atoms with Gasteiger partial charge >= 0.3 is 0 Å². The van der Waals surface area contributed by atoms with Crippen molar-refractivity contribution in [3.63, 3.8) is 0 Å². The molecule has 9 nitrogen and oxygen atoms in total. The number of aromatic nitrogens is 4. The quantitative estimate of drug-likeness (QED) is 0.479. The van der Waals surface area contributed by atoms with E-state index in [1.54, 1.807) is 29.2 Å². The maximum Gasteiger partial charge on any atom is 0.289 e. The molecule has 4 heterocycles. The number of benzene rings is 1. The monoisotopic (exact) mass is 444 g/mol. The molecule has 0 radical (unpaired) electrons. The fourth-order valence-corrected chi connectivity index (χ4v) is 4.17. The zero-order chi connectivity index (χ0) is 23.1. The molecule has 0 saturated carbocycles. The fourth-order valence-electron chi connectivity index (χ4n) is 4.17. The third-order valence-corrected chi connectivity index (χ3v) is 5.77. The molecule has 0 unspecified atom stereocenters. The second kappa shape index (κ2) is 8.16. The number of amides is 1. The van der Waals surface area contributed by atoms with E-state index in [2.05, 4.69) is 20.0 Å². The first-order valence-electron chi connectivity index (χ1n) is 10.9. The van der Waals surface area contributed by atoms with Crippen LogP contribution in [0.2, 0.25) is 0 Å². The summed E-state index contributed by atoms with van der Waals surface area (Å²) in [6.45, 7) is 8.01. The summed E-state index contributed by atoms with van der Waals surface area (Å²) in [5, 5.41) is 4.99. The first-order valence-corrected chi connectivity index (χ1v) is 10.9. The average molecular weight is 444 g/mol. The Hall–Kier alpha value is -4.01. The van der Waals surface area contributed by atoms with Crippen LogP contribution >= 0.6 is 0 Å². The third-order valence-electron chi connectivity index (χ3n) is 5.77. The van der Waals surface area contributed by atoms with Crippen LogP contribution in [0.5, 0.6) is 0 Å². The molecule has 1 aliphatic heterocycles. The Morgan fingerprint density at radius 1 is 0.939 bits per heavy atom. The van der Waals surface area contributed by atoms with Crippen LogP contribution in [0.4, 0.5) is 5.82 Å². The molecule has 9 heteroatoms. The van der Waals surface area contributed by atoms with Crippen molar-refractivity contribution < 1.29 is 9.21 Å². The van der Waals surface area contributed by atoms with Gasteiger partial charge in [0.1, 0.15) is 17.2 Å². The number of para-hydroxylation sites is 1. The SMILES string of the molecule is Cc1cc(C)n(-c2cc(N3CCN(C(=O)c4cc(=O)c5ccccc5o4)CC3)nc(C)n2)n1. The molecule has 33 heavy (non-hydrogen) atoms. The molecule has 0 bridgehead atoms. The van der Waals surface area contributed by atoms with Gasteiger partial charge in [0, 0.05) is 44.0 Å². The number of hydrogen-bond acceptors (Lipinski definition) is 7. The van der Waals surface area contributed by atoms with E-state index in [1.807, 2.05) is 37.6 Å². The van der Waals surface area contributed by atoms with Crippen LogP contribution in [-0.2, 0) is 0 Å². The lowest BCUT2D eigenvalue weighted by molar-refractivity contribution is 0.0715. The molecule has 5 rings (SSSR count). The predicted molar refractivity (Wildman–Crippen MR) is 124 cm³/mol. The van der Waals surface area contributed by atoms with Crippen molar-refractivity contribution in [3.8, 4) is 5.82 Å². The first kappa shape index (κ1) is 20.9. The standard InChI is InChI=1S/C24H24N6O3/c1-15-12-16(2)30(27-15)23-14-22(25-17(3)26-23)28-8-10-29(11-9-28)24(32)21-13-19(31)18-6-4-5-7-20(18)33-21/h4-7,12-14H,8-11H2,1-3H3. The number of fused-ring (bicyclic) bond motifs is 1. The van der Waals surface area contributed by atoms with E-state index >= 15 is 0 Å². The molecule has 0 aliphatic carbocycles. The van der Waals surface area contributed by atoms with Crippen molar-refractivity contribution in [1.82, 2.24) is 24.6 Å². The predicted octanol–water partition coefficient (Wildman–Crippen LogP) is 2.66. The Morgan fingerprint density at radius 2 is 1.67 bits per heavy atom. The highest BCUT2D eigenvalue weighted by atomic mass is 16.3. The van der Waals surface area contributed by atoms with Crippen molar-refractivity contribution in [1.29, 1.82) is 0 Å². The number of rotatable bonds is 3. The lowest BCUT2D eigenvalue weighted by atomic mass is 10.2. The number of piperazine rings is 1. The van der Waals surface area contributed by atoms with Crippen LogP contribution in [0.1, 0.15) is 27.8 Å². The van der Waals surface area contributed by atoms with Gasteiger partial charge in [-0.05, 0) is 39.0 Å². The van der Waals surface area contributed by atoms with Gasteiger partial charge in [-0.25, -0.2) is 14.6 Å². The zero-order valence-electron chi connectivity index (χ0n) is 18.8. The summed E-state index contributed by atoms with van der Waals surface area (Å²) in [6, 6.07) is 12.2. The largest absolute Gasteiger partial charge is 0.451 e. The number of carbonyl (C=O) groups is 1. The van der Waals surface area contributed by atoms with Gasteiger partial charge in [-0.15, -0.1) is 0 Å². The summed E-state index contributed by atoms with van der Waals surface area (Å²) in [7, 11) is 0. The minimum Gasteiger partial charge on any atom is -0.451 e. The molecule has 0 spiro atoms. The molecule has 1 fully saturated rings. The average Bonchev–Trinajstić information content (AvgIpc) is 3.16. The van der Waals surface area contributed by atoms with Crippen molar-refractivity contribution in [2.45, 2.75) is 20.8 Å². The Bertz CT molecular complexity index is 1420. The number of anilines is 1. The van der Waals surface area contributed by atoms with Gasteiger partial charge in [0.15, 0.2) is 17.0 Å². The zero-order valence-corrected chi connectivity index (χ0v) is 18.8. The minimum atomic E-state index is -0.278. The lowest BCUT2D eigenvalue weighted by Crippen LogP contribution is -2.49. The van der Waals surface area contributed by atoms with Gasteiger partial charge in [0.2, 0.25) is 0 Å².